The van der Waals surface area contributed by atoms with Crippen LogP contribution in [0.1, 0.15) is 116 Å². The lowest BCUT2D eigenvalue weighted by molar-refractivity contribution is -0.231. The van der Waals surface area contributed by atoms with Crippen molar-refractivity contribution in [3.63, 3.8) is 0 Å². The zero-order valence-corrected chi connectivity index (χ0v) is 28.6. The number of benzene rings is 1. The highest BCUT2D eigenvalue weighted by Gasteiger charge is 2.73. The van der Waals surface area contributed by atoms with E-state index in [1.807, 2.05) is 12.1 Å². The van der Waals surface area contributed by atoms with Gasteiger partial charge >= 0.3 is 0 Å². The van der Waals surface area contributed by atoms with Gasteiger partial charge in [0, 0.05) is 19.1 Å². The van der Waals surface area contributed by atoms with Crippen molar-refractivity contribution in [3.05, 3.63) is 29.8 Å². The molecule has 5 heteroatoms. The first kappa shape index (κ1) is 30.9. The van der Waals surface area contributed by atoms with E-state index in [1.54, 1.807) is 6.07 Å². The Morgan fingerprint density at radius 1 is 0.870 bits per heavy atom. The summed E-state index contributed by atoms with van der Waals surface area (Å²) < 4.78 is 0. The number of hydrogen-bond donors (Lipinski definition) is 4. The molecule has 2 aliphatic heterocycles. The van der Waals surface area contributed by atoms with Crippen molar-refractivity contribution in [3.8, 4) is 5.75 Å². The van der Waals surface area contributed by atoms with Gasteiger partial charge in [-0.1, -0.05) is 25.5 Å². The second-order valence-corrected chi connectivity index (χ2v) is 19.1. The molecule has 6 saturated carbocycles. The van der Waals surface area contributed by atoms with Crippen molar-refractivity contribution >= 4 is 0 Å². The summed E-state index contributed by atoms with van der Waals surface area (Å²) in [5.74, 6) is 5.00. The molecule has 15 atom stereocenters. The van der Waals surface area contributed by atoms with Crippen LogP contribution in [-0.2, 0) is 6.42 Å². The van der Waals surface area contributed by atoms with Crippen LogP contribution in [0, 0.1) is 63.6 Å². The molecule has 15 unspecified atom stereocenters. The summed E-state index contributed by atoms with van der Waals surface area (Å²) >= 11 is 0. The van der Waals surface area contributed by atoms with Crippen LogP contribution in [-0.4, -0.2) is 62.3 Å². The molecule has 2 saturated heterocycles. The van der Waals surface area contributed by atoms with Crippen LogP contribution in [0.4, 0.5) is 0 Å². The van der Waals surface area contributed by atoms with E-state index in [9.17, 15) is 20.4 Å². The standard InChI is InChI=1S/C41H61NO4/c1-25-7-12-36-38(2,46)31-10-11-32-29(30(31)23-42(36)22-25)18-35-40(32)14-4-15-41(35)24-39(37(45)19-33(41)34(44)21-40)16-13-27(20-39)9-8-26-5-3-6-28(43)17-26/h3,5-6,17,25,27,29-37,43-46H,4,7-16,18-24H2,1-2H3. The van der Waals surface area contributed by atoms with Gasteiger partial charge in [-0.2, -0.15) is 0 Å². The van der Waals surface area contributed by atoms with Crippen LogP contribution in [0.3, 0.4) is 0 Å². The van der Waals surface area contributed by atoms with Gasteiger partial charge in [0.2, 0.25) is 0 Å². The van der Waals surface area contributed by atoms with Gasteiger partial charge in [-0.3, -0.25) is 4.90 Å². The van der Waals surface area contributed by atoms with Crippen molar-refractivity contribution in [2.24, 2.45) is 63.6 Å². The molecule has 2 bridgehead atoms. The van der Waals surface area contributed by atoms with Gasteiger partial charge in [-0.15, -0.1) is 0 Å². The SMILES string of the molecule is CC1CCC2N(C1)CC1C3CC4C56CCCC4(CC(O)C5CC(O)C4(CCC(CCc5cccc(O)c5)C4)C6)C3CCC1C2(C)O. The van der Waals surface area contributed by atoms with Crippen LogP contribution < -0.4 is 0 Å². The normalized spacial score (nSPS) is 54.4. The molecule has 9 rings (SSSR count). The number of rotatable bonds is 3. The quantitative estimate of drug-likeness (QED) is 0.290. The van der Waals surface area contributed by atoms with Gasteiger partial charge in [0.25, 0.3) is 0 Å². The molecule has 8 aliphatic rings. The summed E-state index contributed by atoms with van der Waals surface area (Å²) in [6, 6.07) is 8.09. The summed E-state index contributed by atoms with van der Waals surface area (Å²) in [4.78, 5) is 2.72. The van der Waals surface area contributed by atoms with Gasteiger partial charge in [-0.25, -0.2) is 0 Å². The highest BCUT2D eigenvalue weighted by Crippen LogP contribution is 2.78. The molecular formula is C41H61NO4. The fourth-order valence-electron chi connectivity index (χ4n) is 15.7. The van der Waals surface area contributed by atoms with Crippen LogP contribution in [0.5, 0.6) is 5.75 Å². The van der Waals surface area contributed by atoms with E-state index >= 15 is 0 Å². The first-order valence-electron chi connectivity index (χ1n) is 19.7. The van der Waals surface area contributed by atoms with Crippen molar-refractivity contribution in [1.82, 2.24) is 4.90 Å². The van der Waals surface area contributed by atoms with Gasteiger partial charge in [-0.05, 0) is 185 Å². The monoisotopic (exact) mass is 631 g/mol. The molecule has 46 heavy (non-hydrogen) atoms. The third-order valence-corrected chi connectivity index (χ3v) is 17.2. The van der Waals surface area contributed by atoms with Gasteiger partial charge in [0.1, 0.15) is 5.75 Å². The lowest BCUT2D eigenvalue weighted by Gasteiger charge is -2.68. The van der Waals surface area contributed by atoms with E-state index in [0.717, 1.165) is 63.8 Å². The number of phenolic OH excluding ortho intramolecular Hbond substituents is 1. The first-order valence-corrected chi connectivity index (χ1v) is 19.7. The molecule has 5 nitrogen and oxygen atoms in total. The Kier molecular flexibility index (Phi) is 7.17. The number of nitrogens with zero attached hydrogens (tertiary/aromatic N) is 1. The van der Waals surface area contributed by atoms with E-state index in [2.05, 4.69) is 24.8 Å². The highest BCUT2D eigenvalue weighted by molar-refractivity contribution is 5.27. The van der Waals surface area contributed by atoms with Crippen molar-refractivity contribution in [1.29, 1.82) is 0 Å². The molecular weight excluding hydrogens is 570 g/mol. The first-order chi connectivity index (χ1) is 22.0. The molecule has 8 fully saturated rings. The lowest BCUT2D eigenvalue weighted by atomic mass is 9.38. The molecule has 0 aromatic heterocycles. The van der Waals surface area contributed by atoms with E-state index in [0.29, 0.717) is 47.3 Å². The second-order valence-electron chi connectivity index (χ2n) is 19.1. The van der Waals surface area contributed by atoms with Crippen molar-refractivity contribution < 1.29 is 20.4 Å². The minimum Gasteiger partial charge on any atom is -0.508 e. The summed E-state index contributed by atoms with van der Waals surface area (Å²) in [6.07, 6.45) is 17.9. The third kappa shape index (κ3) is 4.32. The van der Waals surface area contributed by atoms with Crippen molar-refractivity contribution in [2.75, 3.05) is 13.1 Å². The minimum atomic E-state index is -0.592. The highest BCUT2D eigenvalue weighted by atomic mass is 16.3. The summed E-state index contributed by atoms with van der Waals surface area (Å²) in [5, 5.41) is 46.3. The minimum absolute atomic E-state index is 0.00209. The summed E-state index contributed by atoms with van der Waals surface area (Å²) in [5.41, 5.74) is 1.06. The van der Waals surface area contributed by atoms with E-state index in [4.69, 9.17) is 0 Å². The molecule has 254 valence electrons. The lowest BCUT2D eigenvalue weighted by Crippen LogP contribution is -2.67. The Labute approximate surface area is 277 Å². The number of aryl methyl sites for hydroxylation is 1. The van der Waals surface area contributed by atoms with E-state index in [-0.39, 0.29) is 34.4 Å². The Hall–Kier alpha value is -1.14. The van der Waals surface area contributed by atoms with E-state index < -0.39 is 5.60 Å². The average Bonchev–Trinajstić information content (AvgIpc) is 3.58. The van der Waals surface area contributed by atoms with Crippen molar-refractivity contribution in [2.45, 2.75) is 140 Å². The van der Waals surface area contributed by atoms with E-state index in [1.165, 1.54) is 63.5 Å². The topological polar surface area (TPSA) is 84.2 Å². The molecule has 0 amide bonds. The Balaban J connectivity index is 1.01. The maximum Gasteiger partial charge on any atom is 0.115 e. The fraction of sp³-hybridized carbons (Fsp3) is 0.854. The number of phenols is 1. The van der Waals surface area contributed by atoms with Crippen LogP contribution in [0.2, 0.25) is 0 Å². The zero-order valence-electron chi connectivity index (χ0n) is 28.6. The number of piperidine rings is 2. The summed E-state index contributed by atoms with van der Waals surface area (Å²) in [6.45, 7) is 6.94. The molecule has 4 N–H and O–H groups in total. The fourth-order valence-corrected chi connectivity index (χ4v) is 15.7. The van der Waals surface area contributed by atoms with Crippen LogP contribution in [0.25, 0.3) is 0 Å². The van der Waals surface area contributed by atoms with Crippen LogP contribution >= 0.6 is 0 Å². The maximum atomic E-state index is 12.2. The number of fused-ring (bicyclic) bond motifs is 4. The number of aliphatic hydroxyl groups is 3. The Morgan fingerprint density at radius 2 is 1.70 bits per heavy atom. The molecule has 2 spiro atoms. The Bertz CT molecular complexity index is 1330. The molecule has 2 heterocycles. The average molecular weight is 632 g/mol. The number of aromatic hydroxyl groups is 1. The Morgan fingerprint density at radius 3 is 2.54 bits per heavy atom. The number of hydrogen-bond acceptors (Lipinski definition) is 5. The molecule has 1 aromatic carbocycles. The van der Waals surface area contributed by atoms with Gasteiger partial charge < -0.3 is 20.4 Å². The molecule has 6 aliphatic carbocycles. The molecule has 0 radical (unpaired) electrons. The smallest absolute Gasteiger partial charge is 0.115 e. The maximum absolute atomic E-state index is 12.2. The van der Waals surface area contributed by atoms with Gasteiger partial charge in [0.15, 0.2) is 0 Å². The van der Waals surface area contributed by atoms with Gasteiger partial charge in [0.05, 0.1) is 17.8 Å². The zero-order chi connectivity index (χ0) is 31.6. The second kappa shape index (κ2) is 10.7. The number of aliphatic hydroxyl groups excluding tert-OH is 2. The molecule has 1 aromatic rings. The summed E-state index contributed by atoms with van der Waals surface area (Å²) in [7, 11) is 0. The predicted octanol–water partition coefficient (Wildman–Crippen LogP) is 6.95. The largest absolute Gasteiger partial charge is 0.508 e. The predicted molar refractivity (Wildman–Crippen MR) is 180 cm³/mol. The van der Waals surface area contributed by atoms with Crippen LogP contribution in [0.15, 0.2) is 24.3 Å². The third-order valence-electron chi connectivity index (χ3n) is 17.2.